The Kier molecular flexibility index (Phi) is 1.89. The van der Waals surface area contributed by atoms with Crippen LogP contribution < -0.4 is 5.73 Å². The molecule has 78 valence electrons. The van der Waals surface area contributed by atoms with Crippen LogP contribution in [0.1, 0.15) is 21.8 Å². The number of anilines is 1. The van der Waals surface area contributed by atoms with Gasteiger partial charge in [0, 0.05) is 5.69 Å². The van der Waals surface area contributed by atoms with Gasteiger partial charge in [0.15, 0.2) is 0 Å². The van der Waals surface area contributed by atoms with E-state index in [-0.39, 0.29) is 17.2 Å². The molecule has 0 unspecified atom stereocenters. The summed E-state index contributed by atoms with van der Waals surface area (Å²) in [5.74, 6) is -1.42. The molecule has 2 heterocycles. The van der Waals surface area contributed by atoms with Crippen molar-refractivity contribution >= 4 is 22.8 Å². The fraction of sp³-hybridized carbons (Fsp3) is 0.200. The fourth-order valence-electron chi connectivity index (χ4n) is 1.63. The van der Waals surface area contributed by atoms with Crippen LogP contribution >= 0.6 is 0 Å². The van der Waals surface area contributed by atoms with E-state index in [1.165, 1.54) is 0 Å². The van der Waals surface area contributed by atoms with E-state index in [9.17, 15) is 4.79 Å². The molecule has 0 amide bonds. The molecule has 2 aromatic rings. The lowest BCUT2D eigenvalue weighted by molar-refractivity contribution is 0.0666. The molecule has 0 fully saturated rings. The highest BCUT2D eigenvalue weighted by Crippen LogP contribution is 2.29. The molecule has 0 aromatic carbocycles. The van der Waals surface area contributed by atoms with E-state index in [1.807, 2.05) is 19.9 Å². The van der Waals surface area contributed by atoms with Gasteiger partial charge in [0.2, 0.25) is 11.5 Å². The number of nitrogens with zero attached hydrogens (tertiary/aromatic N) is 1. The Morgan fingerprint density at radius 2 is 2.20 bits per heavy atom. The Bertz CT molecular complexity index is 557. The molecule has 0 aliphatic rings. The monoisotopic (exact) mass is 206 g/mol. The van der Waals surface area contributed by atoms with Crippen molar-refractivity contribution in [1.29, 1.82) is 0 Å². The minimum atomic E-state index is -1.18. The van der Waals surface area contributed by atoms with E-state index in [4.69, 9.17) is 15.3 Å². The van der Waals surface area contributed by atoms with E-state index in [0.717, 1.165) is 11.3 Å². The number of aromatic carboxylic acids is 1. The van der Waals surface area contributed by atoms with Crippen LogP contribution in [0.4, 0.5) is 5.69 Å². The average Bonchev–Trinajstić information content (AvgIpc) is 2.42. The Morgan fingerprint density at radius 1 is 1.53 bits per heavy atom. The fourth-order valence-corrected chi connectivity index (χ4v) is 1.63. The number of nitrogen functional groups attached to an aromatic ring is 1. The first kappa shape index (κ1) is 9.51. The van der Waals surface area contributed by atoms with Crippen LogP contribution in [-0.4, -0.2) is 16.1 Å². The number of hydrogen-bond acceptors (Lipinski definition) is 4. The summed E-state index contributed by atoms with van der Waals surface area (Å²) in [5, 5.41) is 9.41. The molecule has 2 aromatic heterocycles. The second-order valence-electron chi connectivity index (χ2n) is 3.41. The van der Waals surface area contributed by atoms with Crippen LogP contribution in [0, 0.1) is 13.8 Å². The van der Waals surface area contributed by atoms with Crippen molar-refractivity contribution in [1.82, 2.24) is 4.98 Å². The molecular weight excluding hydrogens is 196 g/mol. The molecule has 0 atom stereocenters. The van der Waals surface area contributed by atoms with Gasteiger partial charge in [0.1, 0.15) is 0 Å². The van der Waals surface area contributed by atoms with Gasteiger partial charge in [0.05, 0.1) is 11.1 Å². The highest BCUT2D eigenvalue weighted by atomic mass is 16.4. The van der Waals surface area contributed by atoms with Crippen molar-refractivity contribution in [3.63, 3.8) is 0 Å². The third-order valence-corrected chi connectivity index (χ3v) is 2.22. The lowest BCUT2D eigenvalue weighted by atomic mass is 10.1. The number of fused-ring (bicyclic) bond motifs is 1. The van der Waals surface area contributed by atoms with Crippen molar-refractivity contribution in [2.75, 3.05) is 5.73 Å². The summed E-state index contributed by atoms with van der Waals surface area (Å²) in [6, 6.07) is 1.83. The van der Waals surface area contributed by atoms with Crippen molar-refractivity contribution in [3.05, 3.63) is 23.1 Å². The van der Waals surface area contributed by atoms with Crippen LogP contribution in [0.5, 0.6) is 0 Å². The Hall–Kier alpha value is -2.04. The summed E-state index contributed by atoms with van der Waals surface area (Å²) in [7, 11) is 0. The van der Waals surface area contributed by atoms with Gasteiger partial charge in [-0.1, -0.05) is 0 Å². The summed E-state index contributed by atoms with van der Waals surface area (Å²) < 4.78 is 5.09. The number of hydrogen-bond donors (Lipinski definition) is 2. The van der Waals surface area contributed by atoms with E-state index >= 15 is 0 Å². The zero-order valence-corrected chi connectivity index (χ0v) is 8.37. The third-order valence-electron chi connectivity index (χ3n) is 2.22. The number of aryl methyl sites for hydroxylation is 2. The molecule has 0 aliphatic heterocycles. The van der Waals surface area contributed by atoms with Gasteiger partial charge in [-0.05, 0) is 25.5 Å². The van der Waals surface area contributed by atoms with Crippen molar-refractivity contribution in [2.45, 2.75) is 13.8 Å². The topological polar surface area (TPSA) is 89.4 Å². The molecule has 0 bridgehead atoms. The maximum absolute atomic E-state index is 10.8. The van der Waals surface area contributed by atoms with Crippen LogP contribution in [0.25, 0.3) is 11.1 Å². The Labute approximate surface area is 85.5 Å². The molecule has 0 saturated carbocycles. The second-order valence-corrected chi connectivity index (χ2v) is 3.41. The third kappa shape index (κ3) is 1.32. The Balaban J connectivity index is 2.88. The van der Waals surface area contributed by atoms with Gasteiger partial charge in [-0.2, -0.15) is 0 Å². The molecular formula is C10H10N2O3. The standard InChI is InChI=1S/C10H10N2O3/c1-4-3-5(2)12-9-6(4)7(11)8(15-9)10(13)14/h3H,11H2,1-2H3,(H,13,14). The number of carboxylic acid groups (broad SMARTS) is 1. The lowest BCUT2D eigenvalue weighted by Crippen LogP contribution is -1.98. The lowest BCUT2D eigenvalue weighted by Gasteiger charge is -1.97. The minimum Gasteiger partial charge on any atom is -0.475 e. The maximum atomic E-state index is 10.8. The van der Waals surface area contributed by atoms with Gasteiger partial charge >= 0.3 is 5.97 Å². The number of furan rings is 1. The molecule has 0 radical (unpaired) electrons. The molecule has 0 spiro atoms. The highest BCUT2D eigenvalue weighted by molar-refractivity contribution is 6.02. The predicted molar refractivity (Wildman–Crippen MR) is 54.9 cm³/mol. The van der Waals surface area contributed by atoms with E-state index < -0.39 is 5.97 Å². The summed E-state index contributed by atoms with van der Waals surface area (Å²) in [6.45, 7) is 3.65. The van der Waals surface area contributed by atoms with Crippen molar-refractivity contribution in [3.8, 4) is 0 Å². The van der Waals surface area contributed by atoms with Gasteiger partial charge in [-0.3, -0.25) is 0 Å². The maximum Gasteiger partial charge on any atom is 0.374 e. The first-order valence-electron chi connectivity index (χ1n) is 4.40. The normalized spacial score (nSPS) is 10.8. The number of carbonyl (C=O) groups is 1. The molecule has 5 heteroatoms. The molecule has 15 heavy (non-hydrogen) atoms. The SMILES string of the molecule is Cc1cc(C)c2c(N)c(C(=O)O)oc2n1. The number of pyridine rings is 1. The van der Waals surface area contributed by atoms with E-state index in [2.05, 4.69) is 4.98 Å². The first-order valence-corrected chi connectivity index (χ1v) is 4.40. The smallest absolute Gasteiger partial charge is 0.374 e. The van der Waals surface area contributed by atoms with Crippen molar-refractivity contribution < 1.29 is 14.3 Å². The van der Waals surface area contributed by atoms with Crippen LogP contribution in [0.2, 0.25) is 0 Å². The van der Waals surface area contributed by atoms with Crippen LogP contribution in [0.3, 0.4) is 0 Å². The zero-order chi connectivity index (χ0) is 11.2. The quantitative estimate of drug-likeness (QED) is 0.741. The van der Waals surface area contributed by atoms with Crippen LogP contribution in [-0.2, 0) is 0 Å². The average molecular weight is 206 g/mol. The predicted octanol–water partition coefficient (Wildman–Crippen LogP) is 1.73. The molecule has 3 N–H and O–H groups in total. The van der Waals surface area contributed by atoms with Crippen LogP contribution in [0.15, 0.2) is 10.5 Å². The first-order chi connectivity index (χ1) is 7.00. The molecule has 2 rings (SSSR count). The van der Waals surface area contributed by atoms with Gasteiger partial charge in [0.25, 0.3) is 0 Å². The summed E-state index contributed by atoms with van der Waals surface area (Å²) in [5.41, 5.74) is 7.73. The highest BCUT2D eigenvalue weighted by Gasteiger charge is 2.19. The van der Waals surface area contributed by atoms with Crippen molar-refractivity contribution in [2.24, 2.45) is 0 Å². The van der Waals surface area contributed by atoms with E-state index in [1.54, 1.807) is 0 Å². The molecule has 5 nitrogen and oxygen atoms in total. The van der Waals surface area contributed by atoms with Gasteiger partial charge < -0.3 is 15.3 Å². The molecule has 0 aliphatic carbocycles. The summed E-state index contributed by atoms with van der Waals surface area (Å²) in [6.07, 6.45) is 0. The number of rotatable bonds is 1. The van der Waals surface area contributed by atoms with E-state index in [0.29, 0.717) is 5.39 Å². The number of aromatic nitrogens is 1. The number of carboxylic acids is 1. The zero-order valence-electron chi connectivity index (χ0n) is 8.37. The summed E-state index contributed by atoms with van der Waals surface area (Å²) >= 11 is 0. The second kappa shape index (κ2) is 2.98. The largest absolute Gasteiger partial charge is 0.475 e. The summed E-state index contributed by atoms with van der Waals surface area (Å²) in [4.78, 5) is 14.9. The van der Waals surface area contributed by atoms with Gasteiger partial charge in [-0.25, -0.2) is 9.78 Å². The minimum absolute atomic E-state index is 0.141. The number of nitrogens with two attached hydrogens (primary N) is 1. The molecule has 0 saturated heterocycles. The van der Waals surface area contributed by atoms with Gasteiger partial charge in [-0.15, -0.1) is 0 Å². The Morgan fingerprint density at radius 3 is 2.80 bits per heavy atom.